The first kappa shape index (κ1) is 13.1. The molecule has 0 fully saturated rings. The highest BCUT2D eigenvalue weighted by atomic mass is 32.2. The molecule has 0 saturated carbocycles. The molecule has 1 aromatic carbocycles. The number of aryl methyl sites for hydroxylation is 1. The first-order chi connectivity index (χ1) is 7.64. The molecule has 0 atom stereocenters. The Hall–Kier alpha value is -1.93. The monoisotopic (exact) mass is 260 g/mol. The lowest BCUT2D eigenvalue weighted by molar-refractivity contribution is 0.0648. The molecule has 0 unspecified atom stereocenters. The summed E-state index contributed by atoms with van der Waals surface area (Å²) in [7, 11) is -4.80. The smallest absolute Gasteiger partial charge is 0.338 e. The van der Waals surface area contributed by atoms with Crippen molar-refractivity contribution in [3.05, 3.63) is 28.8 Å². The second kappa shape index (κ2) is 4.15. The van der Waals surface area contributed by atoms with E-state index in [2.05, 4.69) is 0 Å². The Morgan fingerprint density at radius 2 is 1.65 bits per heavy atom. The van der Waals surface area contributed by atoms with Crippen LogP contribution in [0.5, 0.6) is 0 Å². The SMILES string of the molecule is Cc1cc(C(=O)O)c(C(=O)O)c(S(=O)(=O)O)c1. The third-order valence-electron chi connectivity index (χ3n) is 1.97. The molecule has 17 heavy (non-hydrogen) atoms. The van der Waals surface area contributed by atoms with Gasteiger partial charge in [0.15, 0.2) is 0 Å². The van der Waals surface area contributed by atoms with Crippen molar-refractivity contribution in [2.24, 2.45) is 0 Å². The Morgan fingerprint density at radius 1 is 1.12 bits per heavy atom. The van der Waals surface area contributed by atoms with E-state index in [-0.39, 0.29) is 5.56 Å². The second-order valence-electron chi connectivity index (χ2n) is 3.27. The maximum Gasteiger partial charge on any atom is 0.338 e. The lowest BCUT2D eigenvalue weighted by Gasteiger charge is -2.08. The van der Waals surface area contributed by atoms with Gasteiger partial charge in [0.1, 0.15) is 4.90 Å². The third kappa shape index (κ3) is 2.60. The van der Waals surface area contributed by atoms with E-state index in [1.54, 1.807) is 0 Å². The summed E-state index contributed by atoms with van der Waals surface area (Å²) in [6.45, 7) is 1.38. The topological polar surface area (TPSA) is 129 Å². The molecule has 0 saturated heterocycles. The number of hydrogen-bond donors (Lipinski definition) is 3. The van der Waals surface area contributed by atoms with Crippen LogP contribution >= 0.6 is 0 Å². The van der Waals surface area contributed by atoms with E-state index in [9.17, 15) is 18.0 Å². The van der Waals surface area contributed by atoms with Gasteiger partial charge in [-0.1, -0.05) is 0 Å². The predicted octanol–water partition coefficient (Wildman–Crippen LogP) is 0.638. The van der Waals surface area contributed by atoms with Crippen molar-refractivity contribution < 1.29 is 32.8 Å². The third-order valence-corrected chi connectivity index (χ3v) is 2.85. The number of carboxylic acid groups (broad SMARTS) is 2. The van der Waals surface area contributed by atoms with Gasteiger partial charge < -0.3 is 10.2 Å². The van der Waals surface area contributed by atoms with Crippen LogP contribution in [-0.4, -0.2) is 35.1 Å². The molecule has 1 rings (SSSR count). The summed E-state index contributed by atoms with van der Waals surface area (Å²) in [6.07, 6.45) is 0. The van der Waals surface area contributed by atoms with E-state index in [4.69, 9.17) is 14.8 Å². The molecule has 0 aliphatic heterocycles. The van der Waals surface area contributed by atoms with Crippen LogP contribution in [0.2, 0.25) is 0 Å². The van der Waals surface area contributed by atoms with Gasteiger partial charge in [0.25, 0.3) is 10.1 Å². The second-order valence-corrected chi connectivity index (χ2v) is 4.66. The van der Waals surface area contributed by atoms with E-state index in [1.165, 1.54) is 6.92 Å². The summed E-state index contributed by atoms with van der Waals surface area (Å²) in [4.78, 5) is 20.8. The van der Waals surface area contributed by atoms with Crippen molar-refractivity contribution in [3.63, 3.8) is 0 Å². The van der Waals surface area contributed by atoms with E-state index in [1.807, 2.05) is 0 Å². The molecular weight excluding hydrogens is 252 g/mol. The van der Waals surface area contributed by atoms with Crippen LogP contribution in [0.1, 0.15) is 26.3 Å². The average Bonchev–Trinajstić information content (AvgIpc) is 2.14. The highest BCUT2D eigenvalue weighted by Gasteiger charge is 2.27. The summed E-state index contributed by atoms with van der Waals surface area (Å²) in [5, 5.41) is 17.6. The number of aromatic carboxylic acids is 2. The minimum Gasteiger partial charge on any atom is -0.478 e. The van der Waals surface area contributed by atoms with Gasteiger partial charge in [-0.25, -0.2) is 9.59 Å². The highest BCUT2D eigenvalue weighted by molar-refractivity contribution is 7.86. The normalized spacial score (nSPS) is 11.2. The molecule has 0 radical (unpaired) electrons. The Balaban J connectivity index is 3.83. The summed E-state index contributed by atoms with van der Waals surface area (Å²) < 4.78 is 30.8. The van der Waals surface area contributed by atoms with Crippen molar-refractivity contribution in [1.82, 2.24) is 0 Å². The molecule has 3 N–H and O–H groups in total. The van der Waals surface area contributed by atoms with Gasteiger partial charge in [-0.05, 0) is 24.6 Å². The van der Waals surface area contributed by atoms with Crippen LogP contribution < -0.4 is 0 Å². The molecule has 0 amide bonds. The molecule has 0 heterocycles. The maximum atomic E-state index is 11.0. The largest absolute Gasteiger partial charge is 0.478 e. The zero-order valence-corrected chi connectivity index (χ0v) is 9.35. The first-order valence-electron chi connectivity index (χ1n) is 4.23. The number of hydrogen-bond acceptors (Lipinski definition) is 4. The van der Waals surface area contributed by atoms with E-state index >= 15 is 0 Å². The van der Waals surface area contributed by atoms with Crippen molar-refractivity contribution in [3.8, 4) is 0 Å². The van der Waals surface area contributed by atoms with Crippen molar-refractivity contribution in [2.45, 2.75) is 11.8 Å². The summed E-state index contributed by atoms with van der Waals surface area (Å²) in [6, 6.07) is 1.91. The molecule has 0 aliphatic carbocycles. The van der Waals surface area contributed by atoms with Gasteiger partial charge in [0, 0.05) is 0 Å². The fourth-order valence-corrected chi connectivity index (χ4v) is 2.14. The van der Waals surface area contributed by atoms with E-state index in [0.717, 1.165) is 12.1 Å². The molecule has 8 heteroatoms. The minimum atomic E-state index is -4.80. The zero-order valence-electron chi connectivity index (χ0n) is 8.54. The summed E-state index contributed by atoms with van der Waals surface area (Å²) >= 11 is 0. The zero-order chi connectivity index (χ0) is 13.4. The van der Waals surface area contributed by atoms with Gasteiger partial charge in [-0.3, -0.25) is 4.55 Å². The Labute approximate surface area is 96.1 Å². The van der Waals surface area contributed by atoms with Crippen molar-refractivity contribution in [2.75, 3.05) is 0 Å². The Morgan fingerprint density at radius 3 is 2.00 bits per heavy atom. The van der Waals surface area contributed by atoms with Crippen LogP contribution in [0.25, 0.3) is 0 Å². The minimum absolute atomic E-state index is 0.208. The van der Waals surface area contributed by atoms with E-state index in [0.29, 0.717) is 0 Å². The van der Waals surface area contributed by atoms with Gasteiger partial charge >= 0.3 is 11.9 Å². The molecular formula is C9H8O7S. The number of carboxylic acids is 2. The van der Waals surface area contributed by atoms with Crippen LogP contribution in [0.4, 0.5) is 0 Å². The number of rotatable bonds is 3. The highest BCUT2D eigenvalue weighted by Crippen LogP contribution is 2.22. The predicted molar refractivity (Wildman–Crippen MR) is 54.9 cm³/mol. The Kier molecular flexibility index (Phi) is 3.21. The number of carbonyl (C=O) groups is 2. The summed E-state index contributed by atoms with van der Waals surface area (Å²) in [5.74, 6) is -3.33. The van der Waals surface area contributed by atoms with E-state index < -0.39 is 38.1 Å². The van der Waals surface area contributed by atoms with Crippen LogP contribution in [0.3, 0.4) is 0 Å². The van der Waals surface area contributed by atoms with Crippen LogP contribution in [0.15, 0.2) is 17.0 Å². The fraction of sp³-hybridized carbons (Fsp3) is 0.111. The molecule has 0 bridgehead atoms. The van der Waals surface area contributed by atoms with Crippen molar-refractivity contribution in [1.29, 1.82) is 0 Å². The van der Waals surface area contributed by atoms with Crippen molar-refractivity contribution >= 4 is 22.1 Å². The standard InChI is InChI=1S/C9H8O7S/c1-4-2-5(8(10)11)7(9(12)13)6(3-4)17(14,15)16/h2-3H,1H3,(H,10,11)(H,12,13)(H,14,15,16). The lowest BCUT2D eigenvalue weighted by Crippen LogP contribution is -2.15. The Bertz CT molecular complexity index is 600. The van der Waals surface area contributed by atoms with Gasteiger partial charge in [-0.2, -0.15) is 8.42 Å². The molecule has 7 nitrogen and oxygen atoms in total. The number of benzene rings is 1. The molecule has 0 spiro atoms. The lowest BCUT2D eigenvalue weighted by atomic mass is 10.0. The summed E-state index contributed by atoms with van der Waals surface area (Å²) in [5.41, 5.74) is -1.43. The molecule has 0 aromatic heterocycles. The van der Waals surface area contributed by atoms with Crippen LogP contribution in [-0.2, 0) is 10.1 Å². The van der Waals surface area contributed by atoms with Gasteiger partial charge in [0.2, 0.25) is 0 Å². The average molecular weight is 260 g/mol. The quantitative estimate of drug-likeness (QED) is 0.680. The molecule has 0 aliphatic rings. The van der Waals surface area contributed by atoms with Gasteiger partial charge in [-0.15, -0.1) is 0 Å². The van der Waals surface area contributed by atoms with Gasteiger partial charge in [0.05, 0.1) is 11.1 Å². The maximum absolute atomic E-state index is 11.0. The molecule has 1 aromatic rings. The fourth-order valence-electron chi connectivity index (χ4n) is 1.35. The first-order valence-corrected chi connectivity index (χ1v) is 5.67. The van der Waals surface area contributed by atoms with Crippen LogP contribution in [0, 0.1) is 6.92 Å². The molecule has 92 valence electrons.